The molecule has 0 aliphatic carbocycles. The van der Waals surface area contributed by atoms with Gasteiger partial charge in [-0.2, -0.15) is 0 Å². The molecule has 0 fully saturated rings. The topological polar surface area (TPSA) is 70.0 Å². The van der Waals surface area contributed by atoms with Gasteiger partial charge in [-0.15, -0.1) is 0 Å². The lowest BCUT2D eigenvalue weighted by molar-refractivity contribution is 0.290. The normalized spacial score (nSPS) is 10.7. The van der Waals surface area contributed by atoms with E-state index in [0.29, 0.717) is 34.9 Å². The molecule has 8 heteroatoms. The van der Waals surface area contributed by atoms with E-state index in [1.54, 1.807) is 43.0 Å². The second kappa shape index (κ2) is 13.5. The highest BCUT2D eigenvalue weighted by molar-refractivity contribution is 6.30. The van der Waals surface area contributed by atoms with E-state index in [0.717, 1.165) is 16.9 Å². The van der Waals surface area contributed by atoms with Crippen molar-refractivity contribution in [2.45, 2.75) is 52.7 Å². The average molecular weight is 509 g/mol. The average Bonchev–Trinajstić information content (AvgIpc) is 2.87. The number of benzene rings is 2. The van der Waals surface area contributed by atoms with Crippen LogP contribution < -0.4 is 9.47 Å². The summed E-state index contributed by atoms with van der Waals surface area (Å²) in [5.74, 6) is 2.95. The number of aromatic nitrogens is 4. The predicted octanol–water partition coefficient (Wildman–Crippen LogP) is 7.15. The number of rotatable bonds is 8. The third kappa shape index (κ3) is 8.27. The van der Waals surface area contributed by atoms with Crippen LogP contribution in [0.4, 0.5) is 4.39 Å². The van der Waals surface area contributed by atoms with Gasteiger partial charge in [-0.3, -0.25) is 0 Å². The van der Waals surface area contributed by atoms with Crippen LogP contribution in [-0.4, -0.2) is 19.9 Å². The summed E-state index contributed by atoms with van der Waals surface area (Å²) >= 11 is 5.99. The number of hydrogen-bond acceptors (Lipinski definition) is 6. The second-order valence-electron chi connectivity index (χ2n) is 8.58. The van der Waals surface area contributed by atoms with Crippen LogP contribution in [0.15, 0.2) is 73.3 Å². The monoisotopic (exact) mass is 508 g/mol. The van der Waals surface area contributed by atoms with Crippen molar-refractivity contribution in [2.24, 2.45) is 0 Å². The fourth-order valence-electron chi connectivity index (χ4n) is 3.31. The van der Waals surface area contributed by atoms with E-state index in [1.807, 2.05) is 32.0 Å². The molecule has 6 nitrogen and oxygen atoms in total. The lowest BCUT2D eigenvalue weighted by Gasteiger charge is -2.13. The highest BCUT2D eigenvalue weighted by Gasteiger charge is 2.10. The van der Waals surface area contributed by atoms with E-state index < -0.39 is 0 Å². The van der Waals surface area contributed by atoms with Gasteiger partial charge < -0.3 is 9.47 Å². The third-order valence-corrected chi connectivity index (χ3v) is 5.38. The Morgan fingerprint density at radius 1 is 0.694 bits per heavy atom. The van der Waals surface area contributed by atoms with Crippen LogP contribution in [0.25, 0.3) is 0 Å². The van der Waals surface area contributed by atoms with Crippen LogP contribution in [-0.2, 0) is 13.2 Å². The Morgan fingerprint density at radius 3 is 1.61 bits per heavy atom. The van der Waals surface area contributed by atoms with E-state index >= 15 is 0 Å². The first-order valence-corrected chi connectivity index (χ1v) is 12.1. The summed E-state index contributed by atoms with van der Waals surface area (Å²) in [7, 11) is 0. The first kappa shape index (κ1) is 27.0. The SMILES string of the molecule is CC(C)c1ccc(Cl)cc1OCc1ncccn1.CC(C)c1ccc(F)cc1OCc1ncccn1. The highest BCUT2D eigenvalue weighted by Crippen LogP contribution is 2.30. The highest BCUT2D eigenvalue weighted by atomic mass is 35.5. The summed E-state index contributed by atoms with van der Waals surface area (Å²) in [5, 5.41) is 0.670. The summed E-state index contributed by atoms with van der Waals surface area (Å²) in [4.78, 5) is 16.4. The van der Waals surface area contributed by atoms with Gasteiger partial charge in [-0.1, -0.05) is 51.4 Å². The van der Waals surface area contributed by atoms with E-state index in [2.05, 4.69) is 33.8 Å². The molecule has 0 saturated heterocycles. The largest absolute Gasteiger partial charge is 0.485 e. The molecule has 0 spiro atoms. The quantitative estimate of drug-likeness (QED) is 0.251. The number of hydrogen-bond donors (Lipinski definition) is 0. The minimum Gasteiger partial charge on any atom is -0.485 e. The lowest BCUT2D eigenvalue weighted by atomic mass is 10.0. The second-order valence-corrected chi connectivity index (χ2v) is 9.02. The van der Waals surface area contributed by atoms with Crippen molar-refractivity contribution in [1.82, 2.24) is 19.9 Å². The van der Waals surface area contributed by atoms with Crippen molar-refractivity contribution < 1.29 is 13.9 Å². The molecule has 2 aromatic carbocycles. The molecule has 0 bridgehead atoms. The molecule has 0 unspecified atom stereocenters. The minimum absolute atomic E-state index is 0.240. The molecular formula is C28H30ClFN4O2. The number of ether oxygens (including phenoxy) is 2. The van der Waals surface area contributed by atoms with E-state index in [1.165, 1.54) is 12.1 Å². The minimum atomic E-state index is -0.302. The molecule has 0 amide bonds. The van der Waals surface area contributed by atoms with Crippen LogP contribution in [0, 0.1) is 5.82 Å². The fourth-order valence-corrected chi connectivity index (χ4v) is 3.48. The van der Waals surface area contributed by atoms with Crippen LogP contribution in [0.5, 0.6) is 11.5 Å². The standard InChI is InChI=1S/C14H15ClN2O.C14H15FN2O/c2*1-10(2)12-5-4-11(15)8-13(12)18-9-14-16-6-3-7-17-14/h2*3-8,10H,9H2,1-2H3. The number of halogens is 2. The van der Waals surface area contributed by atoms with E-state index in [9.17, 15) is 4.39 Å². The lowest BCUT2D eigenvalue weighted by Crippen LogP contribution is -2.03. The molecule has 0 saturated carbocycles. The Morgan fingerprint density at radius 2 is 1.14 bits per heavy atom. The van der Waals surface area contributed by atoms with Gasteiger partial charge in [-0.05, 0) is 53.3 Å². The van der Waals surface area contributed by atoms with Crippen molar-refractivity contribution in [3.8, 4) is 11.5 Å². The van der Waals surface area contributed by atoms with E-state index in [4.69, 9.17) is 21.1 Å². The van der Waals surface area contributed by atoms with Gasteiger partial charge in [0.15, 0.2) is 11.6 Å². The summed E-state index contributed by atoms with van der Waals surface area (Å²) in [6.45, 7) is 8.91. The Balaban J connectivity index is 0.000000201. The summed E-state index contributed by atoms with van der Waals surface area (Å²) in [5.41, 5.74) is 2.11. The van der Waals surface area contributed by atoms with Gasteiger partial charge in [0.1, 0.15) is 30.5 Å². The smallest absolute Gasteiger partial charge is 0.166 e. The fraction of sp³-hybridized carbons (Fsp3) is 0.286. The molecule has 36 heavy (non-hydrogen) atoms. The van der Waals surface area contributed by atoms with Gasteiger partial charge in [0, 0.05) is 35.9 Å². The first-order chi connectivity index (χ1) is 17.3. The maximum Gasteiger partial charge on any atom is 0.166 e. The molecule has 0 aliphatic rings. The van der Waals surface area contributed by atoms with Crippen molar-refractivity contribution in [3.63, 3.8) is 0 Å². The summed E-state index contributed by atoms with van der Waals surface area (Å²) in [6.07, 6.45) is 6.71. The van der Waals surface area contributed by atoms with Gasteiger partial charge in [-0.25, -0.2) is 24.3 Å². The molecule has 0 aliphatic heterocycles. The molecular weight excluding hydrogens is 479 g/mol. The van der Waals surface area contributed by atoms with Crippen LogP contribution in [0.3, 0.4) is 0 Å². The summed E-state index contributed by atoms with van der Waals surface area (Å²) in [6, 6.07) is 13.8. The Hall–Kier alpha value is -3.58. The van der Waals surface area contributed by atoms with E-state index in [-0.39, 0.29) is 18.3 Å². The van der Waals surface area contributed by atoms with Crippen molar-refractivity contribution in [3.05, 3.63) is 107 Å². The molecule has 0 atom stereocenters. The van der Waals surface area contributed by atoms with Crippen molar-refractivity contribution >= 4 is 11.6 Å². The third-order valence-electron chi connectivity index (χ3n) is 5.15. The van der Waals surface area contributed by atoms with Crippen LogP contribution in [0.1, 0.15) is 62.3 Å². The van der Waals surface area contributed by atoms with Gasteiger partial charge in [0.25, 0.3) is 0 Å². The van der Waals surface area contributed by atoms with Crippen molar-refractivity contribution in [1.29, 1.82) is 0 Å². The van der Waals surface area contributed by atoms with Gasteiger partial charge >= 0.3 is 0 Å². The molecule has 0 N–H and O–H groups in total. The zero-order chi connectivity index (χ0) is 25.9. The van der Waals surface area contributed by atoms with Crippen molar-refractivity contribution in [2.75, 3.05) is 0 Å². The Labute approximate surface area is 216 Å². The summed E-state index contributed by atoms with van der Waals surface area (Å²) < 4.78 is 24.6. The number of nitrogens with zero attached hydrogens (tertiary/aromatic N) is 4. The molecule has 2 aromatic heterocycles. The zero-order valence-corrected chi connectivity index (χ0v) is 21.6. The molecule has 188 valence electrons. The van der Waals surface area contributed by atoms with Gasteiger partial charge in [0.2, 0.25) is 0 Å². The van der Waals surface area contributed by atoms with Crippen LogP contribution in [0.2, 0.25) is 5.02 Å². The maximum absolute atomic E-state index is 13.2. The Bertz CT molecular complexity index is 1130. The van der Waals surface area contributed by atoms with Gasteiger partial charge in [0.05, 0.1) is 0 Å². The van der Waals surface area contributed by atoms with Crippen LogP contribution >= 0.6 is 11.6 Å². The predicted molar refractivity (Wildman–Crippen MR) is 139 cm³/mol. The Kier molecular flexibility index (Phi) is 10.1. The zero-order valence-electron chi connectivity index (χ0n) is 20.9. The molecule has 4 aromatic rings. The maximum atomic E-state index is 13.2. The molecule has 0 radical (unpaired) electrons. The first-order valence-electron chi connectivity index (χ1n) is 11.7. The molecule has 2 heterocycles. The molecule has 4 rings (SSSR count).